The van der Waals surface area contributed by atoms with E-state index >= 15 is 0 Å². The standard InChI is InChI=1S/C17H24ClIN2/c1-4-5-6-9-17(2,3)12-21-15-8-7-13(19)10-14(15)20-16(21)11-18/h7-8,10H,4-6,9,11-12H2,1-3H3. The van der Waals surface area contributed by atoms with Crippen LogP contribution in [0.1, 0.15) is 52.3 Å². The van der Waals surface area contributed by atoms with E-state index in [1.54, 1.807) is 0 Å². The van der Waals surface area contributed by atoms with Gasteiger partial charge in [0, 0.05) is 10.1 Å². The molecule has 4 heteroatoms. The van der Waals surface area contributed by atoms with E-state index in [0.717, 1.165) is 17.9 Å². The third-order valence-electron chi connectivity index (χ3n) is 3.95. The fourth-order valence-electron chi connectivity index (χ4n) is 2.79. The Morgan fingerprint density at radius 3 is 2.71 bits per heavy atom. The second-order valence-corrected chi connectivity index (χ2v) is 8.02. The summed E-state index contributed by atoms with van der Waals surface area (Å²) in [6.45, 7) is 7.93. The molecule has 1 aromatic carbocycles. The zero-order valence-corrected chi connectivity index (χ0v) is 16.0. The van der Waals surface area contributed by atoms with Crippen LogP contribution in [0.15, 0.2) is 18.2 Å². The SMILES string of the molecule is CCCCCC(C)(C)Cn1c(CCl)nc2cc(I)ccc21. The first-order valence-electron chi connectivity index (χ1n) is 7.67. The molecule has 0 fully saturated rings. The zero-order chi connectivity index (χ0) is 15.5. The van der Waals surface area contributed by atoms with Crippen LogP contribution in [0.25, 0.3) is 11.0 Å². The van der Waals surface area contributed by atoms with E-state index in [0.29, 0.717) is 5.88 Å². The molecule has 0 amide bonds. The maximum atomic E-state index is 6.11. The van der Waals surface area contributed by atoms with Gasteiger partial charge < -0.3 is 4.57 Å². The number of nitrogens with zero attached hydrogens (tertiary/aromatic N) is 2. The molecule has 1 aromatic heterocycles. The van der Waals surface area contributed by atoms with Crippen LogP contribution in [0.2, 0.25) is 0 Å². The summed E-state index contributed by atoms with van der Waals surface area (Å²) in [7, 11) is 0. The van der Waals surface area contributed by atoms with Crippen molar-refractivity contribution in [3.63, 3.8) is 0 Å². The Bertz CT molecular complexity index is 604. The molecule has 116 valence electrons. The number of hydrogen-bond acceptors (Lipinski definition) is 1. The molecule has 0 aliphatic rings. The summed E-state index contributed by atoms with van der Waals surface area (Å²) in [6, 6.07) is 6.44. The summed E-state index contributed by atoms with van der Waals surface area (Å²) in [6.07, 6.45) is 5.13. The fraction of sp³-hybridized carbons (Fsp3) is 0.588. The lowest BCUT2D eigenvalue weighted by Gasteiger charge is -2.26. The zero-order valence-electron chi connectivity index (χ0n) is 13.1. The highest BCUT2D eigenvalue weighted by molar-refractivity contribution is 14.1. The summed E-state index contributed by atoms with van der Waals surface area (Å²) < 4.78 is 3.53. The molecular formula is C17H24ClIN2. The molecule has 0 spiro atoms. The predicted octanol–water partition coefficient (Wildman–Crippen LogP) is 5.99. The Balaban J connectivity index is 2.27. The first-order chi connectivity index (χ1) is 9.96. The van der Waals surface area contributed by atoms with Gasteiger partial charge >= 0.3 is 0 Å². The quantitative estimate of drug-likeness (QED) is 0.307. The molecule has 1 heterocycles. The van der Waals surface area contributed by atoms with Crippen LogP contribution in [-0.4, -0.2) is 9.55 Å². The summed E-state index contributed by atoms with van der Waals surface area (Å²) in [5.74, 6) is 1.45. The third kappa shape index (κ3) is 4.35. The Hall–Kier alpha value is -0.290. The van der Waals surface area contributed by atoms with Crippen LogP contribution < -0.4 is 0 Å². The van der Waals surface area contributed by atoms with Crippen molar-refractivity contribution in [3.8, 4) is 0 Å². The number of alkyl halides is 1. The van der Waals surface area contributed by atoms with Crippen molar-refractivity contribution >= 4 is 45.2 Å². The van der Waals surface area contributed by atoms with E-state index in [1.807, 2.05) is 0 Å². The number of fused-ring (bicyclic) bond motifs is 1. The van der Waals surface area contributed by atoms with Crippen molar-refractivity contribution in [2.75, 3.05) is 0 Å². The minimum Gasteiger partial charge on any atom is -0.326 e. The molecule has 2 nitrogen and oxygen atoms in total. The molecule has 2 aromatic rings. The largest absolute Gasteiger partial charge is 0.326 e. The Morgan fingerprint density at radius 2 is 2.05 bits per heavy atom. The molecule has 0 saturated heterocycles. The van der Waals surface area contributed by atoms with E-state index in [4.69, 9.17) is 16.6 Å². The third-order valence-corrected chi connectivity index (χ3v) is 4.86. The monoisotopic (exact) mass is 418 g/mol. The van der Waals surface area contributed by atoms with Crippen molar-refractivity contribution in [2.24, 2.45) is 5.41 Å². The maximum Gasteiger partial charge on any atom is 0.124 e. The van der Waals surface area contributed by atoms with Crippen molar-refractivity contribution < 1.29 is 0 Å². The molecule has 0 unspecified atom stereocenters. The smallest absolute Gasteiger partial charge is 0.124 e. The van der Waals surface area contributed by atoms with Gasteiger partial charge in [-0.25, -0.2) is 4.98 Å². The lowest BCUT2D eigenvalue weighted by Crippen LogP contribution is -2.21. The number of unbranched alkanes of at least 4 members (excludes halogenated alkanes) is 2. The molecule has 0 radical (unpaired) electrons. The van der Waals surface area contributed by atoms with E-state index in [9.17, 15) is 0 Å². The molecular weight excluding hydrogens is 395 g/mol. The highest BCUT2D eigenvalue weighted by Crippen LogP contribution is 2.29. The van der Waals surface area contributed by atoms with E-state index in [-0.39, 0.29) is 5.41 Å². The highest BCUT2D eigenvalue weighted by Gasteiger charge is 2.21. The normalized spacial score (nSPS) is 12.2. The van der Waals surface area contributed by atoms with Crippen molar-refractivity contribution in [3.05, 3.63) is 27.6 Å². The van der Waals surface area contributed by atoms with Gasteiger partial charge in [0.1, 0.15) is 5.82 Å². The molecule has 21 heavy (non-hydrogen) atoms. The molecule has 0 aliphatic carbocycles. The first kappa shape index (κ1) is 17.1. The van der Waals surface area contributed by atoms with Crippen LogP contribution in [-0.2, 0) is 12.4 Å². The van der Waals surface area contributed by atoms with Crippen LogP contribution in [0.3, 0.4) is 0 Å². The Kier molecular flexibility index (Phi) is 5.95. The minimum absolute atomic E-state index is 0.270. The second kappa shape index (κ2) is 7.32. The second-order valence-electron chi connectivity index (χ2n) is 6.50. The van der Waals surface area contributed by atoms with Gasteiger partial charge in [0.15, 0.2) is 0 Å². The Labute approximate surface area is 146 Å². The average Bonchev–Trinajstić information content (AvgIpc) is 2.75. The van der Waals surface area contributed by atoms with Gasteiger partial charge in [0.05, 0.1) is 16.9 Å². The van der Waals surface area contributed by atoms with Crippen LogP contribution in [0.5, 0.6) is 0 Å². The van der Waals surface area contributed by atoms with Crippen LogP contribution >= 0.6 is 34.2 Å². The van der Waals surface area contributed by atoms with Gasteiger partial charge in [-0.3, -0.25) is 0 Å². The summed E-state index contributed by atoms with van der Waals surface area (Å²) in [5.41, 5.74) is 2.53. The van der Waals surface area contributed by atoms with E-state index in [2.05, 4.69) is 66.1 Å². The first-order valence-corrected chi connectivity index (χ1v) is 9.29. The number of halogens is 2. The van der Waals surface area contributed by atoms with Gasteiger partial charge in [0.2, 0.25) is 0 Å². The lowest BCUT2D eigenvalue weighted by molar-refractivity contribution is 0.272. The maximum absolute atomic E-state index is 6.11. The van der Waals surface area contributed by atoms with Gasteiger partial charge in [0.25, 0.3) is 0 Å². The van der Waals surface area contributed by atoms with Gasteiger partial charge in [-0.2, -0.15) is 0 Å². The van der Waals surface area contributed by atoms with Crippen LogP contribution in [0.4, 0.5) is 0 Å². The van der Waals surface area contributed by atoms with Crippen molar-refractivity contribution in [2.45, 2.75) is 58.9 Å². The average molecular weight is 419 g/mol. The van der Waals surface area contributed by atoms with Crippen molar-refractivity contribution in [1.29, 1.82) is 0 Å². The molecule has 2 rings (SSSR count). The van der Waals surface area contributed by atoms with Gasteiger partial charge in [-0.1, -0.05) is 40.0 Å². The number of imidazole rings is 1. The fourth-order valence-corrected chi connectivity index (χ4v) is 3.47. The van der Waals surface area contributed by atoms with Crippen molar-refractivity contribution in [1.82, 2.24) is 9.55 Å². The topological polar surface area (TPSA) is 17.8 Å². The van der Waals surface area contributed by atoms with E-state index in [1.165, 1.54) is 34.8 Å². The van der Waals surface area contributed by atoms with Crippen LogP contribution in [0, 0.1) is 8.99 Å². The van der Waals surface area contributed by atoms with E-state index < -0.39 is 0 Å². The molecule has 0 N–H and O–H groups in total. The highest BCUT2D eigenvalue weighted by atomic mass is 127. The molecule has 0 saturated carbocycles. The minimum atomic E-state index is 0.270. The molecule has 0 aliphatic heterocycles. The lowest BCUT2D eigenvalue weighted by atomic mass is 9.86. The van der Waals surface area contributed by atoms with Gasteiger partial charge in [-0.05, 0) is 52.6 Å². The number of benzene rings is 1. The number of aromatic nitrogens is 2. The summed E-state index contributed by atoms with van der Waals surface area (Å²) in [4.78, 5) is 4.70. The summed E-state index contributed by atoms with van der Waals surface area (Å²) >= 11 is 8.44. The van der Waals surface area contributed by atoms with Gasteiger partial charge in [-0.15, -0.1) is 11.6 Å². The summed E-state index contributed by atoms with van der Waals surface area (Å²) in [5, 5.41) is 0. The Morgan fingerprint density at radius 1 is 1.29 bits per heavy atom. The molecule has 0 bridgehead atoms. The molecule has 0 atom stereocenters. The number of hydrogen-bond donors (Lipinski definition) is 0. The predicted molar refractivity (Wildman–Crippen MR) is 99.9 cm³/mol. The number of rotatable bonds is 7.